The molecule has 11 heteroatoms. The Balaban J connectivity index is 2.04. The van der Waals surface area contributed by atoms with E-state index in [2.05, 4.69) is 15.3 Å². The van der Waals surface area contributed by atoms with Gasteiger partial charge in [0.2, 0.25) is 5.95 Å². The number of fused-ring (bicyclic) bond motifs is 1. The molecule has 4 N–H and O–H groups in total. The zero-order valence-corrected chi connectivity index (χ0v) is 15.6. The standard InChI is InChI=1S/C17H23N5O6/c1-3-6-11(23)26-8-5-9-27-17(28-12(24)7-4-2)22-10-19-13-14(22)20-16(18)21-15(13)25/h3-4,6-7,17,19H,5,8-10H2,1-2H3,(H3,18,20,21,25). The molecule has 1 aliphatic rings. The molecule has 0 bridgehead atoms. The van der Waals surface area contributed by atoms with E-state index in [0.29, 0.717) is 6.42 Å². The Kier molecular flexibility index (Phi) is 7.57. The van der Waals surface area contributed by atoms with Crippen molar-refractivity contribution in [1.82, 2.24) is 9.97 Å². The molecule has 0 aliphatic carbocycles. The van der Waals surface area contributed by atoms with Crippen molar-refractivity contribution >= 4 is 29.4 Å². The Hall–Kier alpha value is -3.34. The summed E-state index contributed by atoms with van der Waals surface area (Å²) in [6, 6.07) is 0. The van der Waals surface area contributed by atoms with Gasteiger partial charge < -0.3 is 25.3 Å². The zero-order chi connectivity index (χ0) is 20.5. The molecule has 0 radical (unpaired) electrons. The number of carbonyl (C=O) groups is 2. The predicted molar refractivity (Wildman–Crippen MR) is 101 cm³/mol. The summed E-state index contributed by atoms with van der Waals surface area (Å²) < 4.78 is 15.9. The summed E-state index contributed by atoms with van der Waals surface area (Å²) >= 11 is 0. The summed E-state index contributed by atoms with van der Waals surface area (Å²) in [7, 11) is 0. The van der Waals surface area contributed by atoms with Crippen LogP contribution in [0.1, 0.15) is 20.3 Å². The third-order valence-corrected chi connectivity index (χ3v) is 3.49. The summed E-state index contributed by atoms with van der Waals surface area (Å²) in [5.74, 6) is -0.945. The third kappa shape index (κ3) is 5.58. The van der Waals surface area contributed by atoms with Crippen LogP contribution in [0.5, 0.6) is 0 Å². The number of nitrogens with zero attached hydrogens (tertiary/aromatic N) is 2. The molecule has 1 atom stereocenters. The molecular weight excluding hydrogens is 370 g/mol. The molecule has 2 rings (SSSR count). The van der Waals surface area contributed by atoms with Gasteiger partial charge in [0.15, 0.2) is 5.82 Å². The largest absolute Gasteiger partial charge is 0.462 e. The maximum Gasteiger partial charge on any atom is 0.334 e. The van der Waals surface area contributed by atoms with E-state index in [9.17, 15) is 14.4 Å². The number of aromatic nitrogens is 2. The van der Waals surface area contributed by atoms with Crippen LogP contribution >= 0.6 is 0 Å². The number of anilines is 3. The molecule has 2 heterocycles. The lowest BCUT2D eigenvalue weighted by Crippen LogP contribution is -2.41. The molecular formula is C17H23N5O6. The van der Waals surface area contributed by atoms with Crippen LogP contribution < -0.4 is 21.5 Å². The SMILES string of the molecule is CC=CC(=O)OCCCOC(OC(=O)C=CC)N1CNc2c1nc(N)[nH]c2=O. The second-order valence-electron chi connectivity index (χ2n) is 5.59. The number of carbonyl (C=O) groups excluding carboxylic acids is 2. The third-order valence-electron chi connectivity index (χ3n) is 3.49. The summed E-state index contributed by atoms with van der Waals surface area (Å²) in [4.78, 5) is 43.0. The number of rotatable bonds is 9. The first kappa shape index (κ1) is 21.0. The maximum atomic E-state index is 12.0. The fourth-order valence-electron chi connectivity index (χ4n) is 2.32. The van der Waals surface area contributed by atoms with Crippen LogP contribution in [-0.2, 0) is 23.8 Å². The number of esters is 2. The van der Waals surface area contributed by atoms with Crippen molar-refractivity contribution in [2.75, 3.05) is 35.8 Å². The number of ether oxygens (including phenoxy) is 3. The van der Waals surface area contributed by atoms with Crippen molar-refractivity contribution in [2.24, 2.45) is 0 Å². The van der Waals surface area contributed by atoms with Gasteiger partial charge in [-0.2, -0.15) is 4.98 Å². The summed E-state index contributed by atoms with van der Waals surface area (Å²) in [6.45, 7) is 3.77. The highest BCUT2D eigenvalue weighted by Crippen LogP contribution is 2.28. The van der Waals surface area contributed by atoms with Crippen LogP contribution in [0.15, 0.2) is 29.1 Å². The predicted octanol–water partition coefficient (Wildman–Crippen LogP) is 0.470. The lowest BCUT2D eigenvalue weighted by Gasteiger charge is -2.27. The van der Waals surface area contributed by atoms with Gasteiger partial charge in [0.25, 0.3) is 12.0 Å². The highest BCUT2D eigenvalue weighted by atomic mass is 16.7. The van der Waals surface area contributed by atoms with Gasteiger partial charge in [-0.25, -0.2) is 9.59 Å². The number of allylic oxidation sites excluding steroid dienone is 2. The molecule has 0 aromatic carbocycles. The van der Waals surface area contributed by atoms with E-state index in [-0.39, 0.29) is 37.3 Å². The molecule has 0 saturated carbocycles. The quantitative estimate of drug-likeness (QED) is 0.234. The molecule has 152 valence electrons. The number of hydrogen-bond acceptors (Lipinski definition) is 10. The minimum absolute atomic E-state index is 0.0770. The van der Waals surface area contributed by atoms with Gasteiger partial charge in [0.05, 0.1) is 19.9 Å². The highest BCUT2D eigenvalue weighted by molar-refractivity contribution is 5.82. The average molecular weight is 393 g/mol. The average Bonchev–Trinajstić information content (AvgIpc) is 3.05. The molecule has 1 aliphatic heterocycles. The number of nitrogens with two attached hydrogens (primary N) is 1. The minimum Gasteiger partial charge on any atom is -0.462 e. The lowest BCUT2D eigenvalue weighted by molar-refractivity contribution is -0.173. The highest BCUT2D eigenvalue weighted by Gasteiger charge is 2.32. The number of aromatic amines is 1. The van der Waals surface area contributed by atoms with E-state index in [1.807, 2.05) is 0 Å². The number of hydrogen-bond donors (Lipinski definition) is 3. The van der Waals surface area contributed by atoms with E-state index in [4.69, 9.17) is 19.9 Å². The second kappa shape index (κ2) is 10.1. The van der Waals surface area contributed by atoms with Gasteiger partial charge in [-0.3, -0.25) is 14.7 Å². The Morgan fingerprint density at radius 3 is 2.68 bits per heavy atom. The minimum atomic E-state index is -1.16. The molecule has 0 saturated heterocycles. The summed E-state index contributed by atoms with van der Waals surface area (Å²) in [5, 5.41) is 2.86. The fourth-order valence-corrected chi connectivity index (χ4v) is 2.32. The Morgan fingerprint density at radius 1 is 1.25 bits per heavy atom. The first-order valence-electron chi connectivity index (χ1n) is 8.61. The second-order valence-corrected chi connectivity index (χ2v) is 5.59. The van der Waals surface area contributed by atoms with Crippen molar-refractivity contribution in [2.45, 2.75) is 26.7 Å². The van der Waals surface area contributed by atoms with Crippen LogP contribution in [0.4, 0.5) is 17.5 Å². The van der Waals surface area contributed by atoms with Crippen molar-refractivity contribution in [3.8, 4) is 0 Å². The van der Waals surface area contributed by atoms with Crippen LogP contribution in [-0.4, -0.2) is 48.2 Å². The Bertz CT molecular complexity index is 819. The molecule has 1 aromatic heterocycles. The monoisotopic (exact) mass is 393 g/mol. The lowest BCUT2D eigenvalue weighted by atomic mass is 10.4. The first-order chi connectivity index (χ1) is 13.5. The summed E-state index contributed by atoms with van der Waals surface area (Å²) in [6.07, 6.45) is 4.87. The number of H-pyrrole nitrogens is 1. The normalized spacial score (nSPS) is 14.1. The van der Waals surface area contributed by atoms with Gasteiger partial charge in [0.1, 0.15) is 5.69 Å². The maximum absolute atomic E-state index is 12.0. The van der Waals surface area contributed by atoms with Gasteiger partial charge in [-0.05, 0) is 13.8 Å². The Morgan fingerprint density at radius 2 is 1.96 bits per heavy atom. The van der Waals surface area contributed by atoms with E-state index >= 15 is 0 Å². The topological polar surface area (TPSA) is 149 Å². The number of nitrogens with one attached hydrogen (secondary N) is 2. The van der Waals surface area contributed by atoms with E-state index in [0.717, 1.165) is 0 Å². The van der Waals surface area contributed by atoms with Crippen LogP contribution in [0.3, 0.4) is 0 Å². The van der Waals surface area contributed by atoms with Gasteiger partial charge >= 0.3 is 11.9 Å². The molecule has 1 unspecified atom stereocenters. The van der Waals surface area contributed by atoms with Crippen LogP contribution in [0.2, 0.25) is 0 Å². The van der Waals surface area contributed by atoms with Gasteiger partial charge in [-0.1, -0.05) is 12.2 Å². The molecule has 0 amide bonds. The number of nitrogen functional groups attached to an aromatic ring is 1. The zero-order valence-electron chi connectivity index (χ0n) is 15.6. The molecule has 0 spiro atoms. The van der Waals surface area contributed by atoms with Crippen molar-refractivity contribution in [3.05, 3.63) is 34.7 Å². The summed E-state index contributed by atoms with van der Waals surface area (Å²) in [5.41, 5.74) is 5.36. The van der Waals surface area contributed by atoms with Crippen molar-refractivity contribution < 1.29 is 23.8 Å². The molecule has 28 heavy (non-hydrogen) atoms. The van der Waals surface area contributed by atoms with Gasteiger partial charge in [0, 0.05) is 18.6 Å². The van der Waals surface area contributed by atoms with E-state index in [1.165, 1.54) is 23.1 Å². The van der Waals surface area contributed by atoms with E-state index < -0.39 is 23.9 Å². The van der Waals surface area contributed by atoms with Crippen molar-refractivity contribution in [1.29, 1.82) is 0 Å². The van der Waals surface area contributed by atoms with Crippen LogP contribution in [0.25, 0.3) is 0 Å². The molecule has 11 nitrogen and oxygen atoms in total. The first-order valence-corrected chi connectivity index (χ1v) is 8.61. The van der Waals surface area contributed by atoms with E-state index in [1.54, 1.807) is 19.9 Å². The molecule has 0 fully saturated rings. The Labute approximate surface area is 161 Å². The van der Waals surface area contributed by atoms with Gasteiger partial charge in [-0.15, -0.1) is 0 Å². The van der Waals surface area contributed by atoms with Crippen molar-refractivity contribution in [3.63, 3.8) is 0 Å². The smallest absolute Gasteiger partial charge is 0.334 e. The fraction of sp³-hybridized carbons (Fsp3) is 0.412. The van der Waals surface area contributed by atoms with Crippen LogP contribution in [0, 0.1) is 0 Å². The molecule has 1 aromatic rings.